The van der Waals surface area contributed by atoms with E-state index >= 15 is 0 Å². The van der Waals surface area contributed by atoms with E-state index in [-0.39, 0.29) is 23.8 Å². The van der Waals surface area contributed by atoms with E-state index in [9.17, 15) is 9.59 Å². The van der Waals surface area contributed by atoms with E-state index in [0.717, 1.165) is 18.2 Å². The van der Waals surface area contributed by atoms with E-state index in [4.69, 9.17) is 9.47 Å². The average molecular weight is 490 g/mol. The Morgan fingerprint density at radius 1 is 1.27 bits per heavy atom. The maximum atomic E-state index is 13.1. The summed E-state index contributed by atoms with van der Waals surface area (Å²) in [5, 5.41) is 4.00. The Morgan fingerprint density at radius 3 is 2.67 bits per heavy atom. The van der Waals surface area contributed by atoms with Crippen LogP contribution in [0, 0.1) is 0 Å². The second-order valence-corrected chi connectivity index (χ2v) is 8.74. The van der Waals surface area contributed by atoms with Gasteiger partial charge in [0, 0.05) is 25.7 Å². The molecule has 0 atom stereocenters. The summed E-state index contributed by atoms with van der Waals surface area (Å²) in [6.45, 7) is 9.67. The predicted molar refractivity (Wildman–Crippen MR) is 134 cm³/mol. The highest BCUT2D eigenvalue weighted by Gasteiger charge is 2.18. The van der Waals surface area contributed by atoms with Gasteiger partial charge in [0.25, 0.3) is 5.56 Å². The van der Waals surface area contributed by atoms with Gasteiger partial charge in [0.2, 0.25) is 5.91 Å². The minimum atomic E-state index is -0.270. The molecule has 1 N–H and O–H groups in total. The SMILES string of the molecule is C=CCn1c(SCC(=O)Nc2cc(OC)ccc2OC)nc2nc(N(CC)CC)sc2c1=O. The molecule has 0 saturated carbocycles. The molecule has 3 rings (SSSR count). The van der Waals surface area contributed by atoms with Gasteiger partial charge in [0.15, 0.2) is 15.9 Å². The Labute approximate surface area is 200 Å². The first kappa shape index (κ1) is 24.6. The van der Waals surface area contributed by atoms with E-state index in [2.05, 4.69) is 26.8 Å². The van der Waals surface area contributed by atoms with E-state index < -0.39 is 0 Å². The number of rotatable bonds is 11. The van der Waals surface area contributed by atoms with Crippen LogP contribution in [0.1, 0.15) is 13.8 Å². The van der Waals surface area contributed by atoms with Gasteiger partial charge in [-0.3, -0.25) is 14.2 Å². The number of methoxy groups -OCH3 is 2. The first-order chi connectivity index (χ1) is 15.9. The van der Waals surface area contributed by atoms with E-state index in [1.165, 1.54) is 34.8 Å². The molecule has 1 aromatic carbocycles. The van der Waals surface area contributed by atoms with Crippen LogP contribution in [-0.2, 0) is 11.3 Å². The van der Waals surface area contributed by atoms with Gasteiger partial charge >= 0.3 is 0 Å². The number of carbonyl (C=O) groups is 1. The van der Waals surface area contributed by atoms with Gasteiger partial charge in [-0.05, 0) is 26.0 Å². The van der Waals surface area contributed by atoms with Gasteiger partial charge < -0.3 is 19.7 Å². The molecule has 0 bridgehead atoms. The molecule has 0 aliphatic rings. The number of nitrogens with zero attached hydrogens (tertiary/aromatic N) is 4. The number of carbonyl (C=O) groups excluding carboxylic acids is 1. The summed E-state index contributed by atoms with van der Waals surface area (Å²) >= 11 is 2.50. The molecular formula is C22H27N5O4S2. The number of allylic oxidation sites excluding steroid dienone is 1. The third-order valence-electron chi connectivity index (χ3n) is 4.83. The normalized spacial score (nSPS) is 10.8. The number of fused-ring (bicyclic) bond motifs is 1. The number of thiazole rings is 1. The van der Waals surface area contributed by atoms with E-state index in [0.29, 0.717) is 32.7 Å². The molecule has 2 heterocycles. The third kappa shape index (κ3) is 5.48. The van der Waals surface area contributed by atoms with Crippen molar-refractivity contribution in [1.29, 1.82) is 0 Å². The van der Waals surface area contributed by atoms with Gasteiger partial charge in [0.05, 0.1) is 25.7 Å². The van der Waals surface area contributed by atoms with Crippen LogP contribution in [0.25, 0.3) is 10.3 Å². The summed E-state index contributed by atoms with van der Waals surface area (Å²) in [4.78, 5) is 37.0. The van der Waals surface area contributed by atoms with Crippen molar-refractivity contribution in [2.24, 2.45) is 0 Å². The number of hydrogen-bond acceptors (Lipinski definition) is 9. The second-order valence-electron chi connectivity index (χ2n) is 6.82. The molecule has 0 saturated heterocycles. The van der Waals surface area contributed by atoms with Gasteiger partial charge in [-0.2, -0.15) is 4.98 Å². The van der Waals surface area contributed by atoms with Crippen molar-refractivity contribution in [1.82, 2.24) is 14.5 Å². The first-order valence-corrected chi connectivity index (χ1v) is 12.2. The van der Waals surface area contributed by atoms with Crippen molar-refractivity contribution >= 4 is 50.2 Å². The van der Waals surface area contributed by atoms with Gasteiger partial charge in [-0.25, -0.2) is 4.98 Å². The third-order valence-corrected chi connectivity index (χ3v) is 6.90. The van der Waals surface area contributed by atoms with Gasteiger partial charge in [0.1, 0.15) is 16.2 Å². The highest BCUT2D eigenvalue weighted by Crippen LogP contribution is 2.30. The van der Waals surface area contributed by atoms with Crippen LogP contribution < -0.4 is 25.2 Å². The van der Waals surface area contributed by atoms with Crippen molar-refractivity contribution in [2.45, 2.75) is 25.5 Å². The number of nitrogens with one attached hydrogen (secondary N) is 1. The number of thioether (sulfide) groups is 1. The number of amides is 1. The summed E-state index contributed by atoms with van der Waals surface area (Å²) in [5.74, 6) is 0.887. The quantitative estimate of drug-likeness (QED) is 0.248. The van der Waals surface area contributed by atoms with Crippen LogP contribution in [0.3, 0.4) is 0 Å². The molecule has 3 aromatic rings. The molecule has 9 nitrogen and oxygen atoms in total. The van der Waals surface area contributed by atoms with E-state index in [1.54, 1.807) is 31.4 Å². The zero-order valence-corrected chi connectivity index (χ0v) is 20.7. The largest absolute Gasteiger partial charge is 0.497 e. The molecule has 0 radical (unpaired) electrons. The van der Waals surface area contributed by atoms with Crippen LogP contribution in [0.15, 0.2) is 40.8 Å². The lowest BCUT2D eigenvalue weighted by Crippen LogP contribution is -2.23. The Bertz CT molecular complexity index is 1200. The number of anilines is 2. The second kappa shape index (κ2) is 11.2. The molecule has 0 fully saturated rings. The summed E-state index contributed by atoms with van der Waals surface area (Å²) in [7, 11) is 3.08. The van der Waals surface area contributed by atoms with Crippen LogP contribution in [0.5, 0.6) is 11.5 Å². The lowest BCUT2D eigenvalue weighted by Gasteiger charge is -2.15. The zero-order chi connectivity index (χ0) is 24.0. The number of hydrogen-bond donors (Lipinski definition) is 1. The molecule has 0 aliphatic carbocycles. The molecule has 0 spiro atoms. The molecule has 0 unspecified atom stereocenters. The Kier molecular flexibility index (Phi) is 8.34. The number of ether oxygens (including phenoxy) is 2. The van der Waals surface area contributed by atoms with Crippen LogP contribution >= 0.6 is 23.1 Å². The molecular weight excluding hydrogens is 462 g/mol. The lowest BCUT2D eigenvalue weighted by atomic mass is 10.2. The monoisotopic (exact) mass is 489 g/mol. The van der Waals surface area contributed by atoms with Gasteiger partial charge in [-0.1, -0.05) is 29.2 Å². The van der Waals surface area contributed by atoms with E-state index in [1.807, 2.05) is 13.8 Å². The van der Waals surface area contributed by atoms with Crippen molar-refractivity contribution < 1.29 is 14.3 Å². The summed E-state index contributed by atoms with van der Waals surface area (Å²) in [5.41, 5.74) is 0.704. The zero-order valence-electron chi connectivity index (χ0n) is 19.1. The highest BCUT2D eigenvalue weighted by atomic mass is 32.2. The fourth-order valence-corrected chi connectivity index (χ4v) is 5.01. The predicted octanol–water partition coefficient (Wildman–Crippen LogP) is 3.63. The minimum absolute atomic E-state index is 0.0441. The number of aromatic nitrogens is 3. The molecule has 1 amide bonds. The standard InChI is InChI=1S/C22H27N5O4S2/c1-6-11-27-20(29)18-19(24-21(33-18)26(7-2)8-3)25-22(27)32-13-17(28)23-15-12-14(30-4)9-10-16(15)31-5/h6,9-10,12H,1,7-8,11,13H2,2-5H3,(H,23,28). The van der Waals surface area contributed by atoms with Crippen molar-refractivity contribution in [3.8, 4) is 11.5 Å². The molecule has 2 aromatic heterocycles. The van der Waals surface area contributed by atoms with Crippen molar-refractivity contribution in [3.63, 3.8) is 0 Å². The fourth-order valence-electron chi connectivity index (χ4n) is 3.13. The lowest BCUT2D eigenvalue weighted by molar-refractivity contribution is -0.113. The van der Waals surface area contributed by atoms with Crippen LogP contribution in [0.2, 0.25) is 0 Å². The smallest absolute Gasteiger partial charge is 0.274 e. The maximum Gasteiger partial charge on any atom is 0.274 e. The van der Waals surface area contributed by atoms with Crippen molar-refractivity contribution in [3.05, 3.63) is 41.2 Å². The Hall–Kier alpha value is -3.05. The molecule has 33 heavy (non-hydrogen) atoms. The summed E-state index contributed by atoms with van der Waals surface area (Å²) < 4.78 is 12.5. The molecule has 176 valence electrons. The average Bonchev–Trinajstić information content (AvgIpc) is 3.24. The summed E-state index contributed by atoms with van der Waals surface area (Å²) in [6, 6.07) is 5.15. The molecule has 0 aliphatic heterocycles. The first-order valence-electron chi connectivity index (χ1n) is 10.4. The van der Waals surface area contributed by atoms with Crippen LogP contribution in [-0.4, -0.2) is 53.5 Å². The highest BCUT2D eigenvalue weighted by molar-refractivity contribution is 7.99. The maximum absolute atomic E-state index is 13.1. The fraction of sp³-hybridized carbons (Fsp3) is 0.364. The molecule has 11 heteroatoms. The minimum Gasteiger partial charge on any atom is -0.497 e. The van der Waals surface area contributed by atoms with Crippen molar-refractivity contribution in [2.75, 3.05) is 43.3 Å². The summed E-state index contributed by atoms with van der Waals surface area (Å²) in [6.07, 6.45) is 1.63. The Balaban J connectivity index is 1.86. The number of benzene rings is 1. The topological polar surface area (TPSA) is 98.6 Å². The Morgan fingerprint density at radius 2 is 2.03 bits per heavy atom. The van der Waals surface area contributed by atoms with Crippen LogP contribution in [0.4, 0.5) is 10.8 Å². The van der Waals surface area contributed by atoms with Gasteiger partial charge in [-0.15, -0.1) is 6.58 Å².